The van der Waals surface area contributed by atoms with E-state index < -0.39 is 21.6 Å². The molecule has 0 amide bonds. The summed E-state index contributed by atoms with van der Waals surface area (Å²) in [6.45, 7) is 0. The Balaban J connectivity index is 1.23. The predicted octanol–water partition coefficient (Wildman–Crippen LogP) is 8.55. The molecule has 1 nitrogen and oxygen atoms in total. The Hall–Kier alpha value is -7.57. The van der Waals surface area contributed by atoms with Gasteiger partial charge in [0.05, 0.1) is 22.1 Å². The number of rotatable bonds is 6. The smallest absolute Gasteiger partial charge is 0.180 e. The van der Waals surface area contributed by atoms with E-state index in [0.29, 0.717) is 0 Å². The number of fused-ring (bicyclic) bond motifs is 11. The molecule has 0 fully saturated rings. The van der Waals surface area contributed by atoms with Crippen LogP contribution in [0, 0.1) is 0 Å². The molecule has 0 aliphatic carbocycles. The van der Waals surface area contributed by atoms with Crippen molar-refractivity contribution in [1.29, 1.82) is 0 Å². The molecule has 0 atom stereocenters. The lowest BCUT2D eigenvalue weighted by atomic mass is 9.62. The van der Waals surface area contributed by atoms with E-state index in [1.807, 2.05) is 0 Å². The second kappa shape index (κ2) is 14.2. The van der Waals surface area contributed by atoms with Gasteiger partial charge >= 0.3 is 0 Å². The minimum Gasteiger partial charge on any atom is -0.309 e. The highest BCUT2D eigenvalue weighted by atomic mass is 28.3. The molecule has 10 aromatic carbocycles. The van der Waals surface area contributed by atoms with E-state index in [-0.39, 0.29) is 0 Å². The van der Waals surface area contributed by atoms with Crippen LogP contribution in [0.1, 0.15) is 22.3 Å². The fourth-order valence-electron chi connectivity index (χ4n) is 12.4. The molecule has 2 aliphatic rings. The summed E-state index contributed by atoms with van der Waals surface area (Å²) in [6.07, 6.45) is 0. The van der Waals surface area contributed by atoms with Crippen LogP contribution in [0.3, 0.4) is 0 Å². The normalized spacial score (nSPS) is 14.2. The van der Waals surface area contributed by atoms with Gasteiger partial charge < -0.3 is 4.57 Å². The molecule has 1 spiro atoms. The van der Waals surface area contributed by atoms with Gasteiger partial charge in [-0.3, -0.25) is 0 Å². The molecule has 300 valence electrons. The van der Waals surface area contributed by atoms with Crippen molar-refractivity contribution in [2.75, 3.05) is 0 Å². The van der Waals surface area contributed by atoms with Crippen LogP contribution in [0.5, 0.6) is 0 Å². The highest BCUT2D eigenvalue weighted by Gasteiger charge is 2.57. The van der Waals surface area contributed by atoms with E-state index >= 15 is 0 Å². The van der Waals surface area contributed by atoms with E-state index in [9.17, 15) is 0 Å². The van der Waals surface area contributed by atoms with Crippen molar-refractivity contribution in [2.24, 2.45) is 0 Å². The molecule has 0 N–H and O–H groups in total. The van der Waals surface area contributed by atoms with Gasteiger partial charge in [0.25, 0.3) is 0 Å². The summed E-state index contributed by atoms with van der Waals surface area (Å²) in [5.41, 5.74) is 8.56. The number of hydrogen-bond acceptors (Lipinski definition) is 0. The Kier molecular flexibility index (Phi) is 8.23. The van der Waals surface area contributed by atoms with E-state index in [2.05, 4.69) is 265 Å². The maximum absolute atomic E-state index is 2.90. The van der Waals surface area contributed by atoms with Crippen LogP contribution in [-0.2, 0) is 5.41 Å². The molecule has 64 heavy (non-hydrogen) atoms. The van der Waals surface area contributed by atoms with Crippen molar-refractivity contribution < 1.29 is 0 Å². The summed E-state index contributed by atoms with van der Waals surface area (Å²) in [4.78, 5) is 0. The van der Waals surface area contributed by atoms with E-state index in [0.717, 1.165) is 0 Å². The van der Waals surface area contributed by atoms with Gasteiger partial charge in [-0.25, -0.2) is 0 Å². The lowest BCUT2D eigenvalue weighted by Gasteiger charge is -2.51. The van der Waals surface area contributed by atoms with Crippen molar-refractivity contribution in [3.05, 3.63) is 283 Å². The first-order valence-corrected chi connectivity index (χ1v) is 26.4. The van der Waals surface area contributed by atoms with Gasteiger partial charge in [0.1, 0.15) is 0 Å². The zero-order chi connectivity index (χ0) is 42.3. The van der Waals surface area contributed by atoms with E-state index in [4.69, 9.17) is 0 Å². The first kappa shape index (κ1) is 37.0. The highest BCUT2D eigenvalue weighted by Crippen LogP contribution is 2.55. The minimum atomic E-state index is -2.90. The first-order chi connectivity index (χ1) is 31.8. The molecule has 3 heteroatoms. The van der Waals surface area contributed by atoms with Gasteiger partial charge in [-0.15, -0.1) is 0 Å². The van der Waals surface area contributed by atoms with Gasteiger partial charge in [-0.1, -0.05) is 249 Å². The van der Waals surface area contributed by atoms with Crippen LogP contribution in [0.15, 0.2) is 261 Å². The summed E-state index contributed by atoms with van der Waals surface area (Å²) in [7, 11) is -5.79. The van der Waals surface area contributed by atoms with Crippen molar-refractivity contribution in [1.82, 2.24) is 4.57 Å². The quantitative estimate of drug-likeness (QED) is 0.117. The van der Waals surface area contributed by atoms with Crippen LogP contribution >= 0.6 is 0 Å². The van der Waals surface area contributed by atoms with Crippen molar-refractivity contribution in [3.63, 3.8) is 0 Å². The van der Waals surface area contributed by atoms with Crippen molar-refractivity contribution in [2.45, 2.75) is 5.41 Å². The van der Waals surface area contributed by atoms with Gasteiger partial charge in [-0.05, 0) is 75.9 Å². The molecule has 0 radical (unpaired) electrons. The SMILES string of the molecule is c1ccc([Si](c2ccccc2)(c2ccccc2)c2ccc3c(c2)-n2c4ccccc4c4cccc(c42)C32c3ccccc3[Si](c3ccccc3)(c3ccccc3)c3ccccc32)cc1. The molecule has 0 saturated carbocycles. The first-order valence-electron chi connectivity index (χ1n) is 22.4. The number of hydrogen-bond donors (Lipinski definition) is 0. The summed E-state index contributed by atoms with van der Waals surface area (Å²) < 4.78 is 2.63. The Morgan fingerprint density at radius 1 is 0.328 bits per heavy atom. The molecule has 1 aromatic heterocycles. The Morgan fingerprint density at radius 2 is 0.766 bits per heavy atom. The summed E-state index contributed by atoms with van der Waals surface area (Å²) >= 11 is 0. The van der Waals surface area contributed by atoms with Gasteiger partial charge in [-0.2, -0.15) is 0 Å². The summed E-state index contributed by atoms with van der Waals surface area (Å²) in [5, 5.41) is 13.7. The fraction of sp³-hybridized carbons (Fsp3) is 0.0164. The van der Waals surface area contributed by atoms with E-state index in [1.54, 1.807) is 0 Å². The third-order valence-electron chi connectivity index (χ3n) is 14.7. The third kappa shape index (κ3) is 4.77. The zero-order valence-electron chi connectivity index (χ0n) is 35.3. The second-order valence-electron chi connectivity index (χ2n) is 17.5. The molecule has 3 heterocycles. The summed E-state index contributed by atoms with van der Waals surface area (Å²) in [6, 6.07) is 99.8. The molecule has 13 rings (SSSR count). The van der Waals surface area contributed by atoms with Crippen LogP contribution in [0.25, 0.3) is 27.5 Å². The topological polar surface area (TPSA) is 4.93 Å². The second-order valence-corrected chi connectivity index (χ2v) is 25.0. The number of nitrogens with zero attached hydrogens (tertiary/aromatic N) is 1. The number of aromatic nitrogens is 1. The molecule has 0 bridgehead atoms. The van der Waals surface area contributed by atoms with Crippen LogP contribution in [0.4, 0.5) is 0 Å². The minimum absolute atomic E-state index is 0.624. The average molecular weight is 846 g/mol. The monoisotopic (exact) mass is 845 g/mol. The van der Waals surface area contributed by atoms with Gasteiger partial charge in [0.15, 0.2) is 16.1 Å². The Bertz CT molecular complexity index is 3360. The van der Waals surface area contributed by atoms with Crippen molar-refractivity contribution in [3.8, 4) is 5.69 Å². The maximum Gasteiger partial charge on any atom is 0.180 e. The number of para-hydroxylation sites is 2. The Morgan fingerprint density at radius 3 is 1.31 bits per heavy atom. The van der Waals surface area contributed by atoms with E-state index in [1.165, 1.54) is 91.2 Å². The zero-order valence-corrected chi connectivity index (χ0v) is 37.3. The van der Waals surface area contributed by atoms with Crippen LogP contribution in [0.2, 0.25) is 0 Å². The highest BCUT2D eigenvalue weighted by molar-refractivity contribution is 7.21. The van der Waals surface area contributed by atoms with Crippen LogP contribution < -0.4 is 41.5 Å². The Labute approximate surface area is 376 Å². The maximum atomic E-state index is 2.63. The summed E-state index contributed by atoms with van der Waals surface area (Å²) in [5.74, 6) is 0. The molecule has 11 aromatic rings. The van der Waals surface area contributed by atoms with Crippen molar-refractivity contribution >= 4 is 79.4 Å². The average Bonchev–Trinajstić information content (AvgIpc) is 3.72. The third-order valence-corrected chi connectivity index (χ3v) is 24.3. The predicted molar refractivity (Wildman–Crippen MR) is 273 cm³/mol. The molecular formula is C61H43NSi2. The van der Waals surface area contributed by atoms with Gasteiger partial charge in [0.2, 0.25) is 0 Å². The lowest BCUT2D eigenvalue weighted by Crippen LogP contribution is -2.79. The number of benzene rings is 10. The fourth-order valence-corrected chi connectivity index (χ4v) is 22.4. The van der Waals surface area contributed by atoms with Crippen LogP contribution in [-0.4, -0.2) is 20.7 Å². The molecule has 0 saturated heterocycles. The van der Waals surface area contributed by atoms with Gasteiger partial charge in [0, 0.05) is 10.8 Å². The molecular weight excluding hydrogens is 803 g/mol. The molecule has 0 unspecified atom stereocenters. The molecule has 2 aliphatic heterocycles. The standard InChI is InChI=1S/C61H43NSi2/c1-6-23-44(24-7-1)63(45-25-8-2-9-26-45,46-27-10-3-11-28-46)49-41-42-52-57(43-49)62-56-38-19-16-33-50(56)51-34-22-37-55(60(51)62)61(52)53-35-17-20-39-58(53)64(47-29-12-4-13-30-47,48-31-14-5-15-32-48)59-40-21-18-36-54(59)61/h1-43H. The lowest BCUT2D eigenvalue weighted by molar-refractivity contribution is 0.733. The largest absolute Gasteiger partial charge is 0.309 e.